The molecule has 0 saturated carbocycles. The highest BCUT2D eigenvalue weighted by atomic mass is 16.5. The van der Waals surface area contributed by atoms with E-state index >= 15 is 0 Å². The fourth-order valence-electron chi connectivity index (χ4n) is 4.82. The third-order valence-electron chi connectivity index (χ3n) is 6.98. The number of hydrogen-bond donors (Lipinski definition) is 0. The predicted octanol–water partition coefficient (Wildman–Crippen LogP) is 5.59. The maximum absolute atomic E-state index is 13.3. The SMILES string of the molecule is CCOC(=O)C1CCN(C(=O)Cc2ccc(N(Cc3cccc(C)c3)C(=O)C=Cc3ccccc3)cc2)CC1. The van der Waals surface area contributed by atoms with E-state index in [9.17, 15) is 14.4 Å². The summed E-state index contributed by atoms with van der Waals surface area (Å²) in [7, 11) is 0. The zero-order chi connectivity index (χ0) is 27.6. The third kappa shape index (κ3) is 7.90. The van der Waals surface area contributed by atoms with E-state index in [1.54, 1.807) is 17.9 Å². The molecule has 0 radical (unpaired) electrons. The van der Waals surface area contributed by atoms with Gasteiger partial charge in [-0.1, -0.05) is 72.3 Å². The molecule has 4 rings (SSSR count). The van der Waals surface area contributed by atoms with Crippen molar-refractivity contribution >= 4 is 29.5 Å². The van der Waals surface area contributed by atoms with Crippen molar-refractivity contribution in [2.24, 2.45) is 5.92 Å². The lowest BCUT2D eigenvalue weighted by Gasteiger charge is -2.31. The Hall–Kier alpha value is -4.19. The number of amides is 2. The second-order valence-electron chi connectivity index (χ2n) is 9.91. The van der Waals surface area contributed by atoms with Crippen LogP contribution in [0.2, 0.25) is 0 Å². The molecule has 1 fully saturated rings. The normalized spacial score (nSPS) is 13.8. The topological polar surface area (TPSA) is 66.9 Å². The molecule has 3 aromatic rings. The molecule has 3 aromatic carbocycles. The van der Waals surface area contributed by atoms with Crippen LogP contribution in [0.4, 0.5) is 5.69 Å². The van der Waals surface area contributed by atoms with Gasteiger partial charge in [-0.05, 0) is 61.6 Å². The second kappa shape index (κ2) is 13.6. The molecule has 1 heterocycles. The standard InChI is InChI=1S/C33H36N2O4/c1-3-39-33(38)29-18-20-34(21-19-29)32(37)23-27-12-15-30(16-13-27)35(24-28-11-7-8-25(2)22-28)31(36)17-14-26-9-5-4-6-10-26/h4-17,22,29H,3,18-21,23-24H2,1-2H3. The predicted molar refractivity (Wildman–Crippen MR) is 154 cm³/mol. The van der Waals surface area contributed by atoms with Crippen LogP contribution in [0.1, 0.15) is 42.0 Å². The van der Waals surface area contributed by atoms with Crippen molar-refractivity contribution < 1.29 is 19.1 Å². The van der Waals surface area contributed by atoms with Gasteiger partial charge in [0.1, 0.15) is 0 Å². The fourth-order valence-corrected chi connectivity index (χ4v) is 4.82. The highest BCUT2D eigenvalue weighted by molar-refractivity contribution is 6.03. The summed E-state index contributed by atoms with van der Waals surface area (Å²) in [6.07, 6.45) is 4.97. The number of aryl methyl sites for hydroxylation is 1. The molecule has 39 heavy (non-hydrogen) atoms. The van der Waals surface area contributed by atoms with Crippen molar-refractivity contribution in [2.75, 3.05) is 24.6 Å². The number of rotatable bonds is 9. The summed E-state index contributed by atoms with van der Waals surface area (Å²) in [5, 5.41) is 0. The summed E-state index contributed by atoms with van der Waals surface area (Å²) < 4.78 is 5.13. The van der Waals surface area contributed by atoms with Gasteiger partial charge in [-0.15, -0.1) is 0 Å². The van der Waals surface area contributed by atoms with E-state index in [0.717, 1.165) is 27.9 Å². The van der Waals surface area contributed by atoms with Gasteiger partial charge in [-0.25, -0.2) is 0 Å². The largest absolute Gasteiger partial charge is 0.466 e. The van der Waals surface area contributed by atoms with Crippen LogP contribution < -0.4 is 4.90 Å². The van der Waals surface area contributed by atoms with Crippen LogP contribution in [0.25, 0.3) is 6.08 Å². The van der Waals surface area contributed by atoms with Crippen molar-refractivity contribution in [3.05, 3.63) is 107 Å². The molecule has 1 saturated heterocycles. The highest BCUT2D eigenvalue weighted by Crippen LogP contribution is 2.22. The third-order valence-corrected chi connectivity index (χ3v) is 6.98. The second-order valence-corrected chi connectivity index (χ2v) is 9.91. The molecule has 6 nitrogen and oxygen atoms in total. The maximum atomic E-state index is 13.3. The van der Waals surface area contributed by atoms with Gasteiger partial charge in [-0.2, -0.15) is 0 Å². The molecule has 0 N–H and O–H groups in total. The average molecular weight is 525 g/mol. The van der Waals surface area contributed by atoms with Gasteiger partial charge in [0.05, 0.1) is 25.5 Å². The van der Waals surface area contributed by atoms with Gasteiger partial charge in [0.25, 0.3) is 5.91 Å². The monoisotopic (exact) mass is 524 g/mol. The molecule has 0 bridgehead atoms. The molecule has 0 unspecified atom stereocenters. The summed E-state index contributed by atoms with van der Waals surface area (Å²) >= 11 is 0. The van der Waals surface area contributed by atoms with Crippen LogP contribution in [0, 0.1) is 12.8 Å². The number of nitrogens with zero attached hydrogens (tertiary/aromatic N) is 2. The van der Waals surface area contributed by atoms with Crippen molar-refractivity contribution in [3.63, 3.8) is 0 Å². The van der Waals surface area contributed by atoms with Gasteiger partial charge in [0, 0.05) is 24.9 Å². The first kappa shape index (κ1) is 27.8. The van der Waals surface area contributed by atoms with Gasteiger partial charge >= 0.3 is 5.97 Å². The number of hydrogen-bond acceptors (Lipinski definition) is 4. The first-order chi connectivity index (χ1) is 18.9. The van der Waals surface area contributed by atoms with Crippen LogP contribution in [0.3, 0.4) is 0 Å². The number of carbonyl (C=O) groups excluding carboxylic acids is 3. The van der Waals surface area contributed by atoms with Crippen molar-refractivity contribution in [1.29, 1.82) is 0 Å². The minimum absolute atomic E-state index is 0.0450. The van der Waals surface area contributed by atoms with E-state index in [0.29, 0.717) is 39.1 Å². The molecule has 6 heteroatoms. The number of anilines is 1. The summed E-state index contributed by atoms with van der Waals surface area (Å²) in [5.74, 6) is -0.359. The lowest BCUT2D eigenvalue weighted by Crippen LogP contribution is -2.41. The van der Waals surface area contributed by atoms with Crippen LogP contribution >= 0.6 is 0 Å². The van der Waals surface area contributed by atoms with E-state index in [2.05, 4.69) is 6.07 Å². The minimum atomic E-state index is -0.163. The quantitative estimate of drug-likeness (QED) is 0.271. The number of benzene rings is 3. The molecule has 0 atom stereocenters. The molecule has 2 amide bonds. The van der Waals surface area contributed by atoms with Crippen molar-refractivity contribution in [2.45, 2.75) is 39.7 Å². The Morgan fingerprint density at radius 1 is 0.923 bits per heavy atom. The zero-order valence-electron chi connectivity index (χ0n) is 22.7. The van der Waals surface area contributed by atoms with E-state index in [4.69, 9.17) is 4.74 Å². The number of ether oxygens (including phenoxy) is 1. The van der Waals surface area contributed by atoms with Crippen LogP contribution in [-0.4, -0.2) is 42.4 Å². The number of likely N-dealkylation sites (tertiary alicyclic amines) is 1. The van der Waals surface area contributed by atoms with E-state index < -0.39 is 0 Å². The minimum Gasteiger partial charge on any atom is -0.466 e. The van der Waals surface area contributed by atoms with Crippen LogP contribution in [0.15, 0.2) is 84.9 Å². The lowest BCUT2D eigenvalue weighted by atomic mass is 9.96. The Labute approximate surface area is 230 Å². The molecule has 202 valence electrons. The summed E-state index contributed by atoms with van der Waals surface area (Å²) in [5.41, 5.74) is 4.80. The molecule has 0 aliphatic carbocycles. The van der Waals surface area contributed by atoms with Crippen LogP contribution in [-0.2, 0) is 32.1 Å². The van der Waals surface area contributed by atoms with Gasteiger partial charge in [-0.3, -0.25) is 14.4 Å². The zero-order valence-corrected chi connectivity index (χ0v) is 22.7. The van der Waals surface area contributed by atoms with Gasteiger partial charge < -0.3 is 14.5 Å². The number of piperidine rings is 1. The number of carbonyl (C=O) groups is 3. The first-order valence-electron chi connectivity index (χ1n) is 13.6. The molecule has 1 aliphatic rings. The smallest absolute Gasteiger partial charge is 0.309 e. The Morgan fingerprint density at radius 3 is 2.31 bits per heavy atom. The summed E-state index contributed by atoms with van der Waals surface area (Å²) in [4.78, 5) is 41.8. The Morgan fingerprint density at radius 2 is 1.64 bits per heavy atom. The van der Waals surface area contributed by atoms with E-state index in [1.807, 2.05) is 90.7 Å². The van der Waals surface area contributed by atoms with Gasteiger partial charge in [0.15, 0.2) is 0 Å². The Kier molecular flexibility index (Phi) is 9.68. The Bertz CT molecular complexity index is 1290. The first-order valence-corrected chi connectivity index (χ1v) is 13.6. The lowest BCUT2D eigenvalue weighted by molar-refractivity contribution is -0.151. The fraction of sp³-hybridized carbons (Fsp3) is 0.303. The average Bonchev–Trinajstić information content (AvgIpc) is 2.96. The molecular weight excluding hydrogens is 488 g/mol. The van der Waals surface area contributed by atoms with Crippen LogP contribution in [0.5, 0.6) is 0 Å². The molecule has 1 aliphatic heterocycles. The molecule has 0 spiro atoms. The van der Waals surface area contributed by atoms with Crippen molar-refractivity contribution in [1.82, 2.24) is 4.90 Å². The van der Waals surface area contributed by atoms with Crippen molar-refractivity contribution in [3.8, 4) is 0 Å². The molecular formula is C33H36N2O4. The maximum Gasteiger partial charge on any atom is 0.309 e. The summed E-state index contributed by atoms with van der Waals surface area (Å²) in [6, 6.07) is 25.5. The highest BCUT2D eigenvalue weighted by Gasteiger charge is 2.28. The van der Waals surface area contributed by atoms with E-state index in [-0.39, 0.29) is 30.1 Å². The van der Waals surface area contributed by atoms with E-state index in [1.165, 1.54) is 0 Å². The molecule has 0 aromatic heterocycles. The van der Waals surface area contributed by atoms with Gasteiger partial charge in [0.2, 0.25) is 5.91 Å². The summed E-state index contributed by atoms with van der Waals surface area (Å²) in [6.45, 7) is 5.79. The number of esters is 1. The Balaban J connectivity index is 1.43.